The number of hydrogen-bond acceptors (Lipinski definition) is 6. The van der Waals surface area contributed by atoms with Crippen LogP contribution in [0.2, 0.25) is 0 Å². The van der Waals surface area contributed by atoms with Crippen molar-refractivity contribution < 1.29 is 9.47 Å². The van der Waals surface area contributed by atoms with E-state index in [-0.39, 0.29) is 0 Å². The van der Waals surface area contributed by atoms with Crippen molar-refractivity contribution in [2.24, 2.45) is 0 Å². The average Bonchev–Trinajstić information content (AvgIpc) is 2.72. The number of nitrogens with zero attached hydrogens (tertiary/aromatic N) is 3. The standard InChI is InChI=1S/C21H19N3O2S/c1-3-17-12-20(26-19-11-7-6-10-18(19)25-2)24-21(23-17)27-14-16-9-5-4-8-15(16)13-22/h4-12H,3,14H2,1-2H3. The van der Waals surface area contributed by atoms with Gasteiger partial charge in [-0.2, -0.15) is 10.2 Å². The fraction of sp³-hybridized carbons (Fsp3) is 0.190. The van der Waals surface area contributed by atoms with Crippen LogP contribution in [0.3, 0.4) is 0 Å². The SMILES string of the molecule is CCc1cc(Oc2ccccc2OC)nc(SCc2ccccc2C#N)n1. The lowest BCUT2D eigenvalue weighted by molar-refractivity contribution is 0.372. The zero-order chi connectivity index (χ0) is 19.1. The minimum absolute atomic E-state index is 0.474. The highest BCUT2D eigenvalue weighted by Gasteiger charge is 2.10. The zero-order valence-corrected chi connectivity index (χ0v) is 16.0. The van der Waals surface area contributed by atoms with Gasteiger partial charge in [0.2, 0.25) is 5.88 Å². The van der Waals surface area contributed by atoms with Crippen LogP contribution < -0.4 is 9.47 Å². The van der Waals surface area contributed by atoms with Crippen molar-refractivity contribution in [3.63, 3.8) is 0 Å². The molecule has 27 heavy (non-hydrogen) atoms. The molecule has 0 bridgehead atoms. The summed E-state index contributed by atoms with van der Waals surface area (Å²) in [6, 6.07) is 19.0. The topological polar surface area (TPSA) is 68.0 Å². The van der Waals surface area contributed by atoms with Crippen molar-refractivity contribution >= 4 is 11.8 Å². The van der Waals surface area contributed by atoms with E-state index in [0.29, 0.717) is 33.9 Å². The van der Waals surface area contributed by atoms with Crippen LogP contribution in [-0.2, 0) is 12.2 Å². The molecule has 0 aliphatic rings. The van der Waals surface area contributed by atoms with Gasteiger partial charge in [-0.15, -0.1) is 0 Å². The molecule has 1 aromatic heterocycles. The number of para-hydroxylation sites is 2. The number of hydrogen-bond donors (Lipinski definition) is 0. The van der Waals surface area contributed by atoms with Crippen LogP contribution in [0.4, 0.5) is 0 Å². The predicted octanol–water partition coefficient (Wildman–Crippen LogP) is 5.00. The fourth-order valence-corrected chi connectivity index (χ4v) is 3.33. The first-order chi connectivity index (χ1) is 13.2. The number of rotatable bonds is 7. The van der Waals surface area contributed by atoms with Gasteiger partial charge >= 0.3 is 0 Å². The van der Waals surface area contributed by atoms with E-state index in [0.717, 1.165) is 17.7 Å². The van der Waals surface area contributed by atoms with Crippen LogP contribution >= 0.6 is 11.8 Å². The van der Waals surface area contributed by atoms with E-state index in [9.17, 15) is 5.26 Å². The number of nitriles is 1. The maximum atomic E-state index is 9.23. The van der Waals surface area contributed by atoms with Gasteiger partial charge in [0.15, 0.2) is 16.7 Å². The van der Waals surface area contributed by atoms with Crippen LogP contribution in [0.1, 0.15) is 23.7 Å². The van der Waals surface area contributed by atoms with Crippen LogP contribution in [0.25, 0.3) is 0 Å². The molecule has 6 heteroatoms. The Hall–Kier alpha value is -3.04. The van der Waals surface area contributed by atoms with Crippen molar-refractivity contribution in [2.75, 3.05) is 7.11 Å². The van der Waals surface area contributed by atoms with E-state index in [4.69, 9.17) is 9.47 Å². The zero-order valence-electron chi connectivity index (χ0n) is 15.2. The highest BCUT2D eigenvalue weighted by atomic mass is 32.2. The van der Waals surface area contributed by atoms with E-state index in [1.54, 1.807) is 7.11 Å². The van der Waals surface area contributed by atoms with Gasteiger partial charge in [-0.05, 0) is 30.2 Å². The number of benzene rings is 2. The van der Waals surface area contributed by atoms with Crippen molar-refractivity contribution in [2.45, 2.75) is 24.3 Å². The van der Waals surface area contributed by atoms with E-state index in [1.165, 1.54) is 11.8 Å². The second kappa shape index (κ2) is 9.06. The lowest BCUT2D eigenvalue weighted by Crippen LogP contribution is -1.98. The second-order valence-corrected chi connectivity index (χ2v) is 6.59. The van der Waals surface area contributed by atoms with Crippen LogP contribution in [0.15, 0.2) is 59.8 Å². The number of aryl methyl sites for hydroxylation is 1. The van der Waals surface area contributed by atoms with E-state index in [1.807, 2.05) is 61.5 Å². The molecular weight excluding hydrogens is 358 g/mol. The third-order valence-corrected chi connectivity index (χ3v) is 4.77. The van der Waals surface area contributed by atoms with Crippen molar-refractivity contribution in [1.29, 1.82) is 5.26 Å². The maximum absolute atomic E-state index is 9.23. The molecule has 0 radical (unpaired) electrons. The molecule has 0 saturated carbocycles. The Kier molecular flexibility index (Phi) is 6.29. The molecule has 2 aromatic carbocycles. The molecule has 0 unspecified atom stereocenters. The smallest absolute Gasteiger partial charge is 0.223 e. The van der Waals surface area contributed by atoms with Gasteiger partial charge in [-0.1, -0.05) is 49.0 Å². The molecule has 3 rings (SSSR count). The maximum Gasteiger partial charge on any atom is 0.223 e. The van der Waals surface area contributed by atoms with Gasteiger partial charge in [0, 0.05) is 17.5 Å². The summed E-state index contributed by atoms with van der Waals surface area (Å²) in [5.41, 5.74) is 2.52. The number of aromatic nitrogens is 2. The van der Waals surface area contributed by atoms with E-state index in [2.05, 4.69) is 16.0 Å². The first-order valence-corrected chi connectivity index (χ1v) is 9.51. The number of methoxy groups -OCH3 is 1. The minimum atomic E-state index is 0.474. The fourth-order valence-electron chi connectivity index (χ4n) is 2.46. The summed E-state index contributed by atoms with van der Waals surface area (Å²) in [7, 11) is 1.60. The van der Waals surface area contributed by atoms with Crippen LogP contribution in [0.5, 0.6) is 17.4 Å². The number of thioether (sulfide) groups is 1. The lowest BCUT2D eigenvalue weighted by Gasteiger charge is -2.11. The van der Waals surface area contributed by atoms with Gasteiger partial charge in [0.1, 0.15) is 0 Å². The predicted molar refractivity (Wildman–Crippen MR) is 105 cm³/mol. The summed E-state index contributed by atoms with van der Waals surface area (Å²) in [5, 5.41) is 9.85. The Morgan fingerprint density at radius 3 is 2.52 bits per heavy atom. The van der Waals surface area contributed by atoms with E-state index < -0.39 is 0 Å². The van der Waals surface area contributed by atoms with E-state index >= 15 is 0 Å². The molecule has 0 atom stereocenters. The summed E-state index contributed by atoms with van der Waals surface area (Å²) >= 11 is 1.48. The third-order valence-electron chi connectivity index (χ3n) is 3.88. The Balaban J connectivity index is 1.82. The molecule has 1 heterocycles. The monoisotopic (exact) mass is 377 g/mol. The molecule has 0 spiro atoms. The summed E-state index contributed by atoms with van der Waals surface area (Å²) in [4.78, 5) is 9.08. The molecular formula is C21H19N3O2S. The quantitative estimate of drug-likeness (QED) is 0.426. The summed E-state index contributed by atoms with van der Waals surface area (Å²) in [6.45, 7) is 2.04. The van der Waals surface area contributed by atoms with Gasteiger partial charge in [0.05, 0.1) is 18.7 Å². The minimum Gasteiger partial charge on any atom is -0.493 e. The molecule has 5 nitrogen and oxygen atoms in total. The normalized spacial score (nSPS) is 10.3. The van der Waals surface area contributed by atoms with Crippen molar-refractivity contribution in [3.05, 3.63) is 71.4 Å². The van der Waals surface area contributed by atoms with Gasteiger partial charge in [-0.25, -0.2) is 4.98 Å². The summed E-state index contributed by atoms with van der Waals surface area (Å²) in [6.07, 6.45) is 0.771. The molecule has 3 aromatic rings. The number of ether oxygens (including phenoxy) is 2. The lowest BCUT2D eigenvalue weighted by atomic mass is 10.1. The van der Waals surface area contributed by atoms with Crippen molar-refractivity contribution in [3.8, 4) is 23.4 Å². The average molecular weight is 377 g/mol. The Labute approximate surface area is 163 Å². The molecule has 0 aliphatic carbocycles. The van der Waals surface area contributed by atoms with Gasteiger partial charge < -0.3 is 9.47 Å². The third kappa shape index (κ3) is 4.78. The Morgan fingerprint density at radius 2 is 1.78 bits per heavy atom. The molecule has 0 amide bonds. The molecule has 0 saturated heterocycles. The summed E-state index contributed by atoms with van der Waals surface area (Å²) in [5.74, 6) is 2.34. The largest absolute Gasteiger partial charge is 0.493 e. The summed E-state index contributed by atoms with van der Waals surface area (Å²) < 4.78 is 11.3. The molecule has 0 fully saturated rings. The van der Waals surface area contributed by atoms with Gasteiger partial charge in [-0.3, -0.25) is 0 Å². The second-order valence-electron chi connectivity index (χ2n) is 5.64. The molecule has 0 aliphatic heterocycles. The van der Waals surface area contributed by atoms with Gasteiger partial charge in [0.25, 0.3) is 0 Å². The first-order valence-electron chi connectivity index (χ1n) is 8.53. The van der Waals surface area contributed by atoms with Crippen molar-refractivity contribution in [1.82, 2.24) is 9.97 Å². The Morgan fingerprint density at radius 1 is 1.04 bits per heavy atom. The first kappa shape index (κ1) is 18.7. The molecule has 136 valence electrons. The molecule has 0 N–H and O–H groups in total. The Bertz CT molecular complexity index is 970. The van der Waals surface area contributed by atoms with Crippen LogP contribution in [0, 0.1) is 11.3 Å². The highest BCUT2D eigenvalue weighted by Crippen LogP contribution is 2.31. The van der Waals surface area contributed by atoms with Crippen LogP contribution in [-0.4, -0.2) is 17.1 Å². The highest BCUT2D eigenvalue weighted by molar-refractivity contribution is 7.98.